The smallest absolute Gasteiger partial charge is 0.263 e. The lowest BCUT2D eigenvalue weighted by Crippen LogP contribution is -2.22. The van der Waals surface area contributed by atoms with Gasteiger partial charge >= 0.3 is 0 Å². The van der Waals surface area contributed by atoms with Gasteiger partial charge in [0.25, 0.3) is 5.56 Å². The largest absolute Gasteiger partial charge is 0.281 e. The first-order chi connectivity index (χ1) is 11.0. The standard InChI is InChI=1S/C18H14F3NO/c1-2-3-13-8-11-4-5-12(19)9-15(11)18(23)22(13)14-6-7-16(20)17(21)10-14/h4-10H,2-3H2,1H3. The highest BCUT2D eigenvalue weighted by Gasteiger charge is 2.13. The molecule has 0 spiro atoms. The Kier molecular flexibility index (Phi) is 3.94. The van der Waals surface area contributed by atoms with Gasteiger partial charge in [0.2, 0.25) is 0 Å². The maximum atomic E-state index is 13.5. The molecule has 0 amide bonds. The van der Waals surface area contributed by atoms with Crippen molar-refractivity contribution in [2.45, 2.75) is 19.8 Å². The van der Waals surface area contributed by atoms with Crippen LogP contribution in [-0.2, 0) is 6.42 Å². The normalized spacial score (nSPS) is 11.1. The third kappa shape index (κ3) is 2.74. The zero-order valence-corrected chi connectivity index (χ0v) is 12.4. The van der Waals surface area contributed by atoms with Crippen molar-refractivity contribution >= 4 is 10.8 Å². The van der Waals surface area contributed by atoms with E-state index in [4.69, 9.17) is 0 Å². The molecule has 23 heavy (non-hydrogen) atoms. The molecule has 1 heterocycles. The number of nitrogens with zero attached hydrogens (tertiary/aromatic N) is 1. The third-order valence-electron chi connectivity index (χ3n) is 3.73. The fourth-order valence-electron chi connectivity index (χ4n) is 2.68. The fraction of sp³-hybridized carbons (Fsp3) is 0.167. The highest BCUT2D eigenvalue weighted by Crippen LogP contribution is 2.19. The summed E-state index contributed by atoms with van der Waals surface area (Å²) in [5, 5.41) is 0.827. The summed E-state index contributed by atoms with van der Waals surface area (Å²) in [5.74, 6) is -2.53. The Hall–Kier alpha value is -2.56. The predicted molar refractivity (Wildman–Crippen MR) is 83.4 cm³/mol. The molecular weight excluding hydrogens is 303 g/mol. The number of halogens is 3. The van der Waals surface area contributed by atoms with Crippen molar-refractivity contribution < 1.29 is 13.2 Å². The summed E-state index contributed by atoms with van der Waals surface area (Å²) < 4.78 is 41.5. The molecule has 2 nitrogen and oxygen atoms in total. The molecule has 0 atom stereocenters. The summed E-state index contributed by atoms with van der Waals surface area (Å²) in [5.41, 5.74) is 0.447. The van der Waals surface area contributed by atoms with Gasteiger partial charge in [0, 0.05) is 11.8 Å². The van der Waals surface area contributed by atoms with Crippen LogP contribution in [0.3, 0.4) is 0 Å². The quantitative estimate of drug-likeness (QED) is 0.703. The second kappa shape index (κ2) is 5.91. The van der Waals surface area contributed by atoms with Crippen molar-refractivity contribution in [3.8, 4) is 5.69 Å². The Morgan fingerprint density at radius 3 is 2.43 bits per heavy atom. The van der Waals surface area contributed by atoms with Gasteiger partial charge in [0.1, 0.15) is 5.82 Å². The molecule has 1 aromatic heterocycles. The van der Waals surface area contributed by atoms with E-state index in [1.807, 2.05) is 6.92 Å². The topological polar surface area (TPSA) is 22.0 Å². The van der Waals surface area contributed by atoms with Crippen LogP contribution in [0.4, 0.5) is 13.2 Å². The minimum absolute atomic E-state index is 0.203. The van der Waals surface area contributed by atoms with Gasteiger partial charge in [0.15, 0.2) is 11.6 Å². The summed E-state index contributed by atoms with van der Waals surface area (Å²) >= 11 is 0. The van der Waals surface area contributed by atoms with Gasteiger partial charge in [-0.25, -0.2) is 13.2 Å². The van der Waals surface area contributed by atoms with Crippen molar-refractivity contribution in [2.24, 2.45) is 0 Å². The zero-order chi connectivity index (χ0) is 16.6. The molecule has 0 fully saturated rings. The van der Waals surface area contributed by atoms with Crippen LogP contribution in [0.15, 0.2) is 47.3 Å². The summed E-state index contributed by atoms with van der Waals surface area (Å²) in [4.78, 5) is 12.8. The molecule has 0 saturated carbocycles. The molecule has 5 heteroatoms. The maximum Gasteiger partial charge on any atom is 0.263 e. The number of benzene rings is 2. The average molecular weight is 317 g/mol. The van der Waals surface area contributed by atoms with Crippen LogP contribution in [0.2, 0.25) is 0 Å². The lowest BCUT2D eigenvalue weighted by atomic mass is 10.1. The Bertz CT molecular complexity index is 947. The van der Waals surface area contributed by atoms with Crippen molar-refractivity contribution in [3.05, 3.63) is 76.0 Å². The van der Waals surface area contributed by atoms with Crippen molar-refractivity contribution in [1.29, 1.82) is 0 Å². The third-order valence-corrected chi connectivity index (χ3v) is 3.73. The van der Waals surface area contributed by atoms with Gasteiger partial charge in [-0.2, -0.15) is 0 Å². The molecule has 0 bridgehead atoms. The van der Waals surface area contributed by atoms with Crippen LogP contribution in [0.5, 0.6) is 0 Å². The van der Waals surface area contributed by atoms with Gasteiger partial charge in [0.05, 0.1) is 11.1 Å². The molecule has 0 radical (unpaired) electrons. The number of hydrogen-bond donors (Lipinski definition) is 0. The van der Waals surface area contributed by atoms with E-state index in [1.165, 1.54) is 16.7 Å². The van der Waals surface area contributed by atoms with Crippen LogP contribution in [0.25, 0.3) is 16.5 Å². The number of aryl methyl sites for hydroxylation is 1. The lowest BCUT2D eigenvalue weighted by molar-refractivity contribution is 0.507. The molecule has 0 aliphatic heterocycles. The number of rotatable bonds is 3. The van der Waals surface area contributed by atoms with Gasteiger partial charge in [-0.3, -0.25) is 9.36 Å². The van der Waals surface area contributed by atoms with Gasteiger partial charge < -0.3 is 0 Å². The minimum Gasteiger partial charge on any atom is -0.281 e. The van der Waals surface area contributed by atoms with Crippen molar-refractivity contribution in [1.82, 2.24) is 4.57 Å². The maximum absolute atomic E-state index is 13.5. The number of hydrogen-bond acceptors (Lipinski definition) is 1. The van der Waals surface area contributed by atoms with E-state index in [1.54, 1.807) is 12.1 Å². The van der Waals surface area contributed by atoms with E-state index in [2.05, 4.69) is 0 Å². The Morgan fingerprint density at radius 1 is 0.957 bits per heavy atom. The zero-order valence-electron chi connectivity index (χ0n) is 12.4. The second-order valence-electron chi connectivity index (χ2n) is 5.36. The first-order valence-electron chi connectivity index (χ1n) is 7.31. The second-order valence-corrected chi connectivity index (χ2v) is 5.36. The monoisotopic (exact) mass is 317 g/mol. The number of fused-ring (bicyclic) bond motifs is 1. The predicted octanol–water partition coefficient (Wildman–Crippen LogP) is 4.36. The van der Waals surface area contributed by atoms with Crippen LogP contribution < -0.4 is 5.56 Å². The van der Waals surface area contributed by atoms with E-state index in [0.717, 1.165) is 24.6 Å². The highest BCUT2D eigenvalue weighted by atomic mass is 19.2. The summed E-state index contributed by atoms with van der Waals surface area (Å²) in [6.07, 6.45) is 1.36. The number of pyridine rings is 1. The Morgan fingerprint density at radius 2 is 1.74 bits per heavy atom. The SMILES string of the molecule is CCCc1cc2ccc(F)cc2c(=O)n1-c1ccc(F)c(F)c1. The molecule has 0 aliphatic carbocycles. The molecular formula is C18H14F3NO. The summed E-state index contributed by atoms with van der Waals surface area (Å²) in [7, 11) is 0. The van der Waals surface area contributed by atoms with E-state index < -0.39 is 23.0 Å². The first-order valence-corrected chi connectivity index (χ1v) is 7.31. The van der Waals surface area contributed by atoms with Crippen molar-refractivity contribution in [2.75, 3.05) is 0 Å². The molecule has 0 unspecified atom stereocenters. The highest BCUT2D eigenvalue weighted by molar-refractivity contribution is 5.82. The minimum atomic E-state index is -1.03. The Balaban J connectivity index is 2.36. The van der Waals surface area contributed by atoms with Crippen molar-refractivity contribution in [3.63, 3.8) is 0 Å². The van der Waals surface area contributed by atoms with E-state index in [0.29, 0.717) is 17.5 Å². The van der Waals surface area contributed by atoms with Crippen LogP contribution in [0.1, 0.15) is 19.0 Å². The van der Waals surface area contributed by atoms with Gasteiger partial charge in [-0.05, 0) is 42.1 Å². The van der Waals surface area contributed by atoms with Crippen LogP contribution >= 0.6 is 0 Å². The van der Waals surface area contributed by atoms with Crippen LogP contribution in [0, 0.1) is 17.5 Å². The van der Waals surface area contributed by atoms with E-state index >= 15 is 0 Å². The molecule has 3 rings (SSSR count). The molecule has 3 aromatic rings. The molecule has 0 saturated heterocycles. The first kappa shape index (κ1) is 15.3. The molecule has 0 aliphatic rings. The molecule has 0 N–H and O–H groups in total. The van der Waals surface area contributed by atoms with E-state index in [-0.39, 0.29) is 11.1 Å². The van der Waals surface area contributed by atoms with E-state index in [9.17, 15) is 18.0 Å². The van der Waals surface area contributed by atoms with Gasteiger partial charge in [-0.15, -0.1) is 0 Å². The lowest BCUT2D eigenvalue weighted by Gasteiger charge is -2.14. The Labute approximate surface area is 130 Å². The molecule has 2 aromatic carbocycles. The fourth-order valence-corrected chi connectivity index (χ4v) is 2.68. The summed E-state index contributed by atoms with van der Waals surface area (Å²) in [6.45, 7) is 1.95. The molecule has 118 valence electrons. The average Bonchev–Trinajstić information content (AvgIpc) is 2.52. The van der Waals surface area contributed by atoms with Crippen LogP contribution in [-0.4, -0.2) is 4.57 Å². The van der Waals surface area contributed by atoms with Gasteiger partial charge in [-0.1, -0.05) is 19.4 Å². The number of aromatic nitrogens is 1. The summed E-state index contributed by atoms with van der Waals surface area (Å²) in [6, 6.07) is 9.05.